The lowest BCUT2D eigenvalue weighted by molar-refractivity contribution is 0.0438. The van der Waals surface area contributed by atoms with Crippen molar-refractivity contribution in [2.45, 2.75) is 26.1 Å². The fourth-order valence-electron chi connectivity index (χ4n) is 0.385. The van der Waals surface area contributed by atoms with E-state index in [0.717, 1.165) is 0 Å². The van der Waals surface area contributed by atoms with Crippen LogP contribution in [0.1, 0.15) is 13.8 Å². The smallest absolute Gasteiger partial charge is 0.0768 e. The molecule has 0 amide bonds. The van der Waals surface area contributed by atoms with Crippen molar-refractivity contribution in [3.05, 3.63) is 36.4 Å². The molecule has 0 saturated carbocycles. The number of rotatable bonds is 1. The Morgan fingerprint density at radius 1 is 0.667 bits per heavy atom. The van der Waals surface area contributed by atoms with E-state index in [1.54, 1.807) is 13.8 Å². The van der Waals surface area contributed by atoms with E-state index in [-0.39, 0.29) is 0 Å². The van der Waals surface area contributed by atoms with Gasteiger partial charge in [0.15, 0.2) is 0 Å². The molecule has 2 atom stereocenters. The van der Waals surface area contributed by atoms with E-state index >= 15 is 0 Å². The van der Waals surface area contributed by atoms with Crippen molar-refractivity contribution >= 4 is 0 Å². The van der Waals surface area contributed by atoms with Crippen LogP contribution in [0.15, 0.2) is 36.4 Å². The molecule has 1 rings (SSSR count). The minimum absolute atomic E-state index is 0.593. The molecule has 0 aliphatic carbocycles. The Labute approximate surface area is 73.5 Å². The molecule has 0 saturated heterocycles. The first kappa shape index (κ1) is 11.1. The number of hydrogen-bond donors (Lipinski definition) is 2. The van der Waals surface area contributed by atoms with Crippen molar-refractivity contribution in [1.82, 2.24) is 0 Å². The van der Waals surface area contributed by atoms with Gasteiger partial charge in [0.2, 0.25) is 0 Å². The van der Waals surface area contributed by atoms with Crippen LogP contribution < -0.4 is 0 Å². The molecule has 68 valence electrons. The normalized spacial score (nSPS) is 14.0. The predicted molar refractivity (Wildman–Crippen MR) is 49.8 cm³/mol. The summed E-state index contributed by atoms with van der Waals surface area (Å²) in [5.74, 6) is 0. The van der Waals surface area contributed by atoms with Gasteiger partial charge in [-0.15, -0.1) is 0 Å². The predicted octanol–water partition coefficient (Wildman–Crippen LogP) is 1.43. The Balaban J connectivity index is 0.000000202. The Morgan fingerprint density at radius 3 is 0.917 bits per heavy atom. The fourth-order valence-corrected chi connectivity index (χ4v) is 0.385. The van der Waals surface area contributed by atoms with Gasteiger partial charge in [0, 0.05) is 0 Å². The molecule has 2 nitrogen and oxygen atoms in total. The summed E-state index contributed by atoms with van der Waals surface area (Å²) in [6, 6.07) is 12.0. The van der Waals surface area contributed by atoms with Gasteiger partial charge >= 0.3 is 0 Å². The van der Waals surface area contributed by atoms with Crippen molar-refractivity contribution in [3.8, 4) is 0 Å². The average molecular weight is 168 g/mol. The van der Waals surface area contributed by atoms with Gasteiger partial charge in [0.1, 0.15) is 0 Å². The summed E-state index contributed by atoms with van der Waals surface area (Å²) in [7, 11) is 0. The number of hydrogen-bond acceptors (Lipinski definition) is 2. The number of aliphatic hydroxyl groups excluding tert-OH is 2. The van der Waals surface area contributed by atoms with Crippen LogP contribution in [0.3, 0.4) is 0 Å². The number of benzene rings is 1. The van der Waals surface area contributed by atoms with Crippen LogP contribution in [0.4, 0.5) is 0 Å². The highest BCUT2D eigenvalue weighted by Crippen LogP contribution is 1.85. The van der Waals surface area contributed by atoms with E-state index in [2.05, 4.69) is 0 Å². The maximum absolute atomic E-state index is 8.38. The lowest BCUT2D eigenvalue weighted by Gasteiger charge is -2.03. The van der Waals surface area contributed by atoms with Crippen molar-refractivity contribution < 1.29 is 10.2 Å². The summed E-state index contributed by atoms with van der Waals surface area (Å²) in [6.07, 6.45) is -1.19. The fraction of sp³-hybridized carbons (Fsp3) is 0.400. The van der Waals surface area contributed by atoms with Gasteiger partial charge in [-0.3, -0.25) is 0 Å². The largest absolute Gasteiger partial charge is 0.391 e. The summed E-state index contributed by atoms with van der Waals surface area (Å²) in [5, 5.41) is 16.8. The molecule has 0 spiro atoms. The molecule has 2 heteroatoms. The summed E-state index contributed by atoms with van der Waals surface area (Å²) < 4.78 is 0. The van der Waals surface area contributed by atoms with Crippen molar-refractivity contribution in [2.75, 3.05) is 0 Å². The molecular formula is C10H16O2. The molecule has 0 heterocycles. The van der Waals surface area contributed by atoms with Gasteiger partial charge < -0.3 is 10.2 Å². The first-order valence-corrected chi connectivity index (χ1v) is 4.00. The summed E-state index contributed by atoms with van der Waals surface area (Å²) in [6.45, 7) is 3.09. The summed E-state index contributed by atoms with van der Waals surface area (Å²) >= 11 is 0. The second kappa shape index (κ2) is 6.83. The molecular weight excluding hydrogens is 152 g/mol. The minimum Gasteiger partial charge on any atom is -0.391 e. The lowest BCUT2D eigenvalue weighted by Crippen LogP contribution is -2.17. The van der Waals surface area contributed by atoms with Gasteiger partial charge in [-0.1, -0.05) is 36.4 Å². The first-order valence-electron chi connectivity index (χ1n) is 4.00. The highest BCUT2D eigenvalue weighted by atomic mass is 16.3. The summed E-state index contributed by atoms with van der Waals surface area (Å²) in [5.41, 5.74) is 0. The molecule has 0 aliphatic heterocycles. The highest BCUT2D eigenvalue weighted by molar-refractivity contribution is 4.99. The molecule has 0 aliphatic rings. The van der Waals surface area contributed by atoms with Gasteiger partial charge in [-0.05, 0) is 13.8 Å². The zero-order chi connectivity index (χ0) is 9.40. The Morgan fingerprint density at radius 2 is 0.833 bits per heavy atom. The van der Waals surface area contributed by atoms with E-state index < -0.39 is 12.2 Å². The standard InChI is InChI=1S/C6H6.C4H10O2/c1-2-4-6-5-3-1;1-3(5)4(2)6/h1-6H;3-6H,1-2H3. The molecule has 0 bridgehead atoms. The minimum atomic E-state index is -0.593. The van der Waals surface area contributed by atoms with Crippen molar-refractivity contribution in [2.24, 2.45) is 0 Å². The molecule has 12 heavy (non-hydrogen) atoms. The van der Waals surface area contributed by atoms with Crippen LogP contribution in [-0.2, 0) is 0 Å². The number of aliphatic hydroxyl groups is 2. The van der Waals surface area contributed by atoms with E-state index in [9.17, 15) is 0 Å². The molecule has 0 fully saturated rings. The molecule has 1 aromatic rings. The monoisotopic (exact) mass is 168 g/mol. The zero-order valence-corrected chi connectivity index (χ0v) is 7.51. The van der Waals surface area contributed by atoms with Gasteiger partial charge in [0.05, 0.1) is 12.2 Å². The second-order valence-electron chi connectivity index (χ2n) is 2.64. The van der Waals surface area contributed by atoms with E-state index in [0.29, 0.717) is 0 Å². The van der Waals surface area contributed by atoms with Gasteiger partial charge in [-0.2, -0.15) is 0 Å². The third-order valence-electron chi connectivity index (χ3n) is 1.36. The molecule has 0 aromatic heterocycles. The van der Waals surface area contributed by atoms with Gasteiger partial charge in [0.25, 0.3) is 0 Å². The highest BCUT2D eigenvalue weighted by Gasteiger charge is 1.99. The summed E-state index contributed by atoms with van der Waals surface area (Å²) in [4.78, 5) is 0. The second-order valence-corrected chi connectivity index (χ2v) is 2.64. The van der Waals surface area contributed by atoms with Crippen LogP contribution in [0.2, 0.25) is 0 Å². The third-order valence-corrected chi connectivity index (χ3v) is 1.36. The average Bonchev–Trinajstić information content (AvgIpc) is 2.08. The third kappa shape index (κ3) is 7.25. The maximum atomic E-state index is 8.38. The van der Waals surface area contributed by atoms with Crippen molar-refractivity contribution in [1.29, 1.82) is 0 Å². The quantitative estimate of drug-likeness (QED) is 0.666. The Kier molecular flexibility index (Phi) is 6.34. The SMILES string of the molecule is CC(O)C(C)O.c1ccccc1. The van der Waals surface area contributed by atoms with Crippen LogP contribution in [0.25, 0.3) is 0 Å². The lowest BCUT2D eigenvalue weighted by atomic mass is 10.3. The first-order chi connectivity index (χ1) is 5.64. The maximum Gasteiger partial charge on any atom is 0.0768 e. The topological polar surface area (TPSA) is 40.5 Å². The van der Waals surface area contributed by atoms with Crippen LogP contribution in [0.5, 0.6) is 0 Å². The van der Waals surface area contributed by atoms with Crippen LogP contribution in [0, 0.1) is 0 Å². The molecule has 1 aromatic carbocycles. The van der Waals surface area contributed by atoms with Crippen molar-refractivity contribution in [3.63, 3.8) is 0 Å². The molecule has 0 radical (unpaired) electrons. The Bertz CT molecular complexity index is 138. The zero-order valence-electron chi connectivity index (χ0n) is 7.51. The van der Waals surface area contributed by atoms with Gasteiger partial charge in [-0.25, -0.2) is 0 Å². The van der Waals surface area contributed by atoms with Crippen LogP contribution >= 0.6 is 0 Å². The van der Waals surface area contributed by atoms with Crippen LogP contribution in [-0.4, -0.2) is 22.4 Å². The van der Waals surface area contributed by atoms with E-state index in [4.69, 9.17) is 10.2 Å². The Hall–Kier alpha value is -0.860. The van der Waals surface area contributed by atoms with E-state index in [1.165, 1.54) is 0 Å². The molecule has 2 unspecified atom stereocenters. The van der Waals surface area contributed by atoms with E-state index in [1.807, 2.05) is 36.4 Å². The molecule has 2 N–H and O–H groups in total.